The van der Waals surface area contributed by atoms with Gasteiger partial charge in [-0.25, -0.2) is 0 Å². The van der Waals surface area contributed by atoms with Crippen molar-refractivity contribution >= 4 is 19.4 Å². The summed E-state index contributed by atoms with van der Waals surface area (Å²) in [5.41, 5.74) is 1.47. The second-order valence-electron chi connectivity index (χ2n) is 4.69. The molecule has 17 heavy (non-hydrogen) atoms. The van der Waals surface area contributed by atoms with Gasteiger partial charge in [-0.1, -0.05) is 38.1 Å². The average Bonchev–Trinajstić information content (AvgIpc) is 2.31. The molecule has 0 fully saturated rings. The Morgan fingerprint density at radius 2 is 1.59 bits per heavy atom. The van der Waals surface area contributed by atoms with Crippen LogP contribution in [0.1, 0.15) is 41.0 Å². The molecule has 2 radical (unpaired) electrons. The van der Waals surface area contributed by atoms with E-state index in [1.807, 2.05) is 13.8 Å². The SMILES string of the molecule is [B]C1=C(CC(C)C)C(=O)c2ccccc2C1=O. The third kappa shape index (κ3) is 1.97. The minimum absolute atomic E-state index is 0.105. The van der Waals surface area contributed by atoms with Crippen LogP contribution in [0.2, 0.25) is 0 Å². The van der Waals surface area contributed by atoms with Gasteiger partial charge in [-0.05, 0) is 23.4 Å². The van der Waals surface area contributed by atoms with Gasteiger partial charge < -0.3 is 0 Å². The predicted octanol–water partition coefficient (Wildman–Crippen LogP) is 2.53. The molecule has 0 amide bonds. The second kappa shape index (κ2) is 4.32. The number of hydrogen-bond acceptors (Lipinski definition) is 2. The molecular weight excluding hydrogens is 211 g/mol. The molecule has 1 aromatic carbocycles. The van der Waals surface area contributed by atoms with Crippen LogP contribution >= 0.6 is 0 Å². The number of ketones is 2. The first kappa shape index (κ1) is 11.8. The average molecular weight is 224 g/mol. The zero-order chi connectivity index (χ0) is 12.6. The first-order chi connectivity index (χ1) is 8.02. The van der Waals surface area contributed by atoms with Gasteiger partial charge in [0.25, 0.3) is 0 Å². The topological polar surface area (TPSA) is 34.1 Å². The summed E-state index contributed by atoms with van der Waals surface area (Å²) in [6.45, 7) is 4.00. The van der Waals surface area contributed by atoms with Gasteiger partial charge in [0.05, 0.1) is 0 Å². The predicted molar refractivity (Wildman–Crippen MR) is 67.3 cm³/mol. The quantitative estimate of drug-likeness (QED) is 0.723. The Kier molecular flexibility index (Phi) is 3.01. The van der Waals surface area contributed by atoms with Crippen LogP contribution in [0.5, 0.6) is 0 Å². The van der Waals surface area contributed by atoms with Gasteiger partial charge in [-0.2, -0.15) is 0 Å². The molecule has 1 aliphatic carbocycles. The summed E-state index contributed by atoms with van der Waals surface area (Å²) in [6, 6.07) is 6.83. The maximum Gasteiger partial charge on any atom is 0.189 e. The summed E-state index contributed by atoms with van der Waals surface area (Å²) in [5.74, 6) is -0.0344. The Hall–Kier alpha value is -1.64. The molecule has 1 aliphatic rings. The van der Waals surface area contributed by atoms with E-state index >= 15 is 0 Å². The molecule has 0 saturated carbocycles. The van der Waals surface area contributed by atoms with Gasteiger partial charge in [0.2, 0.25) is 0 Å². The number of hydrogen-bond donors (Lipinski definition) is 0. The molecule has 0 unspecified atom stereocenters. The van der Waals surface area contributed by atoms with Crippen molar-refractivity contribution in [2.45, 2.75) is 20.3 Å². The molecule has 0 N–H and O–H groups in total. The minimum Gasteiger partial charge on any atom is -0.290 e. The maximum absolute atomic E-state index is 12.2. The largest absolute Gasteiger partial charge is 0.290 e. The maximum atomic E-state index is 12.2. The van der Waals surface area contributed by atoms with Crippen molar-refractivity contribution in [2.24, 2.45) is 5.92 Å². The molecular formula is C14H13BO2. The van der Waals surface area contributed by atoms with E-state index in [1.54, 1.807) is 24.3 Å². The van der Waals surface area contributed by atoms with E-state index in [4.69, 9.17) is 7.85 Å². The van der Waals surface area contributed by atoms with Crippen molar-refractivity contribution in [1.82, 2.24) is 0 Å². The Labute approximate surface area is 102 Å². The minimum atomic E-state index is -0.226. The van der Waals surface area contributed by atoms with Crippen molar-refractivity contribution in [3.63, 3.8) is 0 Å². The Morgan fingerprint density at radius 3 is 2.12 bits per heavy atom. The number of carbonyl (C=O) groups is 2. The van der Waals surface area contributed by atoms with Gasteiger partial charge in [0.1, 0.15) is 7.85 Å². The summed E-state index contributed by atoms with van der Waals surface area (Å²) >= 11 is 0. The van der Waals surface area contributed by atoms with Crippen LogP contribution in [0, 0.1) is 5.92 Å². The fraction of sp³-hybridized carbons (Fsp3) is 0.286. The molecule has 0 saturated heterocycles. The van der Waals surface area contributed by atoms with E-state index < -0.39 is 0 Å². The van der Waals surface area contributed by atoms with Crippen molar-refractivity contribution in [1.29, 1.82) is 0 Å². The van der Waals surface area contributed by atoms with Crippen LogP contribution in [0.25, 0.3) is 0 Å². The smallest absolute Gasteiger partial charge is 0.189 e. The number of benzene rings is 1. The summed E-state index contributed by atoms with van der Waals surface area (Å²) in [4.78, 5) is 24.2. The molecule has 84 valence electrons. The number of rotatable bonds is 2. The third-order valence-corrected chi connectivity index (χ3v) is 2.87. The first-order valence-corrected chi connectivity index (χ1v) is 5.69. The van der Waals surface area contributed by atoms with Gasteiger partial charge in [0.15, 0.2) is 11.6 Å². The van der Waals surface area contributed by atoms with Crippen molar-refractivity contribution in [3.8, 4) is 0 Å². The lowest BCUT2D eigenvalue weighted by atomic mass is 9.73. The summed E-state index contributed by atoms with van der Waals surface area (Å²) in [7, 11) is 5.79. The van der Waals surface area contributed by atoms with Gasteiger partial charge >= 0.3 is 0 Å². The molecule has 0 atom stereocenters. The van der Waals surface area contributed by atoms with Crippen molar-refractivity contribution < 1.29 is 9.59 Å². The molecule has 2 rings (SSSR count). The fourth-order valence-electron chi connectivity index (χ4n) is 2.06. The second-order valence-corrected chi connectivity index (χ2v) is 4.69. The Bertz CT molecular complexity index is 527. The normalized spacial score (nSPS) is 15.5. The van der Waals surface area contributed by atoms with Crippen LogP contribution in [-0.4, -0.2) is 19.4 Å². The Morgan fingerprint density at radius 1 is 1.06 bits per heavy atom. The fourth-order valence-corrected chi connectivity index (χ4v) is 2.06. The van der Waals surface area contributed by atoms with Crippen molar-refractivity contribution in [3.05, 3.63) is 46.4 Å². The number of allylic oxidation sites excluding steroid dienone is 2. The van der Waals surface area contributed by atoms with E-state index in [0.29, 0.717) is 29.0 Å². The van der Waals surface area contributed by atoms with Crippen molar-refractivity contribution in [2.75, 3.05) is 0 Å². The zero-order valence-electron chi connectivity index (χ0n) is 9.99. The molecule has 2 nitrogen and oxygen atoms in total. The van der Waals surface area contributed by atoms with Crippen LogP contribution < -0.4 is 0 Å². The highest BCUT2D eigenvalue weighted by Gasteiger charge is 2.28. The zero-order valence-corrected chi connectivity index (χ0v) is 9.99. The van der Waals surface area contributed by atoms with Crippen LogP contribution in [0.3, 0.4) is 0 Å². The molecule has 3 heteroatoms. The first-order valence-electron chi connectivity index (χ1n) is 5.69. The lowest BCUT2D eigenvalue weighted by Crippen LogP contribution is -2.23. The van der Waals surface area contributed by atoms with Crippen LogP contribution in [0.4, 0.5) is 0 Å². The monoisotopic (exact) mass is 224 g/mol. The van der Waals surface area contributed by atoms with Crippen LogP contribution in [0.15, 0.2) is 35.3 Å². The molecule has 0 heterocycles. The Balaban J connectivity index is 2.54. The number of carbonyl (C=O) groups excluding carboxylic acids is 2. The van der Waals surface area contributed by atoms with Gasteiger partial charge in [-0.15, -0.1) is 0 Å². The van der Waals surface area contributed by atoms with E-state index in [1.165, 1.54) is 0 Å². The number of Topliss-reactive ketones (excluding diaryl/α,β-unsaturated/α-hetero) is 2. The number of fused-ring (bicyclic) bond motifs is 1. The highest BCUT2D eigenvalue weighted by Crippen LogP contribution is 2.28. The lowest BCUT2D eigenvalue weighted by Gasteiger charge is -2.20. The summed E-state index contributed by atoms with van der Waals surface area (Å²) in [5, 5.41) is 0. The van der Waals surface area contributed by atoms with E-state index in [2.05, 4.69) is 0 Å². The molecule has 0 bridgehead atoms. The van der Waals surface area contributed by atoms with E-state index in [9.17, 15) is 9.59 Å². The lowest BCUT2D eigenvalue weighted by molar-refractivity contribution is 0.0976. The molecule has 1 aromatic rings. The standard InChI is InChI=1S/C14H13BO2/c1-8(2)7-11-12(15)14(17)10-6-4-3-5-9(10)13(11)16/h3-6,8H,7H2,1-2H3. The molecule has 0 spiro atoms. The van der Waals surface area contributed by atoms with Gasteiger partial charge in [-0.3, -0.25) is 9.59 Å². The van der Waals surface area contributed by atoms with Crippen LogP contribution in [-0.2, 0) is 0 Å². The van der Waals surface area contributed by atoms with Gasteiger partial charge in [0, 0.05) is 11.1 Å². The third-order valence-electron chi connectivity index (χ3n) is 2.87. The summed E-state index contributed by atoms with van der Waals surface area (Å²) in [6.07, 6.45) is 0.546. The van der Waals surface area contributed by atoms with E-state index in [-0.39, 0.29) is 17.0 Å². The highest BCUT2D eigenvalue weighted by molar-refractivity contribution is 6.46. The highest BCUT2D eigenvalue weighted by atomic mass is 16.1. The van der Waals surface area contributed by atoms with E-state index in [0.717, 1.165) is 0 Å². The summed E-state index contributed by atoms with van der Waals surface area (Å²) < 4.78 is 0. The molecule has 0 aromatic heterocycles. The molecule has 0 aliphatic heterocycles.